The van der Waals surface area contributed by atoms with E-state index in [2.05, 4.69) is 5.32 Å². The van der Waals surface area contributed by atoms with Gasteiger partial charge in [-0.05, 0) is 20.0 Å². The number of para-hydroxylation sites is 1. The van der Waals surface area contributed by atoms with Crippen LogP contribution in [-0.2, 0) is 4.79 Å². The van der Waals surface area contributed by atoms with Crippen molar-refractivity contribution in [2.45, 2.75) is 25.2 Å². The molecule has 2 unspecified atom stereocenters. The molecule has 0 bridgehead atoms. The van der Waals surface area contributed by atoms with E-state index < -0.39 is 24.7 Å². The van der Waals surface area contributed by atoms with Gasteiger partial charge in [-0.2, -0.15) is 13.2 Å². The van der Waals surface area contributed by atoms with Gasteiger partial charge in [-0.3, -0.25) is 9.69 Å². The standard InChI is InChI=1S/C15H21F3N2O3/c1-10(11-6-4-5-7-12(11)23-3)19-14(22)9-20(2)8-13(21)15(16,17)18/h4-7,10,13,21H,8-9H2,1-3H3,(H,19,22). The number of hydrogen-bond donors (Lipinski definition) is 2. The Morgan fingerprint density at radius 3 is 2.57 bits per heavy atom. The zero-order chi connectivity index (χ0) is 17.6. The lowest BCUT2D eigenvalue weighted by Crippen LogP contribution is -2.43. The highest BCUT2D eigenvalue weighted by atomic mass is 19.4. The average molecular weight is 334 g/mol. The summed E-state index contributed by atoms with van der Waals surface area (Å²) in [6.07, 6.45) is -7.18. The number of aliphatic hydroxyl groups excluding tert-OH is 1. The molecular formula is C15H21F3N2O3. The first kappa shape index (κ1) is 19.2. The molecule has 0 saturated heterocycles. The Morgan fingerprint density at radius 1 is 1.39 bits per heavy atom. The summed E-state index contributed by atoms with van der Waals surface area (Å²) in [5.41, 5.74) is 0.765. The fraction of sp³-hybridized carbons (Fsp3) is 0.533. The summed E-state index contributed by atoms with van der Waals surface area (Å²) in [4.78, 5) is 13.0. The molecule has 2 N–H and O–H groups in total. The van der Waals surface area contributed by atoms with E-state index in [0.717, 1.165) is 10.5 Å². The van der Waals surface area contributed by atoms with Crippen LogP contribution in [0.5, 0.6) is 5.75 Å². The molecule has 23 heavy (non-hydrogen) atoms. The second-order valence-corrected chi connectivity index (χ2v) is 5.29. The maximum Gasteiger partial charge on any atom is 0.415 e. The second kappa shape index (κ2) is 8.16. The van der Waals surface area contributed by atoms with Crippen molar-refractivity contribution in [3.63, 3.8) is 0 Å². The van der Waals surface area contributed by atoms with Crippen molar-refractivity contribution in [1.82, 2.24) is 10.2 Å². The average Bonchev–Trinajstić information content (AvgIpc) is 2.45. The largest absolute Gasteiger partial charge is 0.496 e. The number of aliphatic hydroxyl groups is 1. The van der Waals surface area contributed by atoms with E-state index in [0.29, 0.717) is 5.75 Å². The molecule has 0 aliphatic heterocycles. The van der Waals surface area contributed by atoms with Gasteiger partial charge in [0.2, 0.25) is 5.91 Å². The number of amides is 1. The van der Waals surface area contributed by atoms with Crippen molar-refractivity contribution in [3.05, 3.63) is 29.8 Å². The lowest BCUT2D eigenvalue weighted by Gasteiger charge is -2.23. The van der Waals surface area contributed by atoms with Gasteiger partial charge < -0.3 is 15.2 Å². The lowest BCUT2D eigenvalue weighted by atomic mass is 10.1. The quantitative estimate of drug-likeness (QED) is 0.797. The van der Waals surface area contributed by atoms with E-state index in [1.807, 2.05) is 0 Å². The van der Waals surface area contributed by atoms with Gasteiger partial charge in [0.05, 0.1) is 19.7 Å². The van der Waals surface area contributed by atoms with Gasteiger partial charge >= 0.3 is 6.18 Å². The molecule has 0 aliphatic carbocycles. The number of benzene rings is 1. The zero-order valence-electron chi connectivity index (χ0n) is 13.2. The summed E-state index contributed by atoms with van der Waals surface area (Å²) < 4.78 is 42.0. The Morgan fingerprint density at radius 2 is 2.00 bits per heavy atom. The number of rotatable bonds is 7. The molecule has 0 aromatic heterocycles. The van der Waals surface area contributed by atoms with Crippen LogP contribution in [0.4, 0.5) is 13.2 Å². The van der Waals surface area contributed by atoms with Crippen molar-refractivity contribution in [1.29, 1.82) is 0 Å². The molecule has 1 aromatic rings. The summed E-state index contributed by atoms with van der Waals surface area (Å²) in [6.45, 7) is 0.826. The minimum Gasteiger partial charge on any atom is -0.496 e. The number of methoxy groups -OCH3 is 1. The molecule has 1 aromatic carbocycles. The first-order valence-electron chi connectivity index (χ1n) is 7.00. The van der Waals surface area contributed by atoms with Gasteiger partial charge in [0.1, 0.15) is 5.75 Å². The molecular weight excluding hydrogens is 313 g/mol. The molecule has 1 amide bonds. The maximum absolute atomic E-state index is 12.3. The van der Waals surface area contributed by atoms with Crippen LogP contribution in [-0.4, -0.2) is 55.4 Å². The monoisotopic (exact) mass is 334 g/mol. The van der Waals surface area contributed by atoms with Crippen LogP contribution in [0.25, 0.3) is 0 Å². The molecule has 8 heteroatoms. The van der Waals surface area contributed by atoms with Gasteiger partial charge in [0.25, 0.3) is 0 Å². The molecule has 0 spiro atoms. The minimum atomic E-state index is -4.70. The van der Waals surface area contributed by atoms with Crippen LogP contribution in [0.15, 0.2) is 24.3 Å². The number of nitrogens with zero attached hydrogens (tertiary/aromatic N) is 1. The van der Waals surface area contributed by atoms with Gasteiger partial charge in [-0.15, -0.1) is 0 Å². The Kier molecular flexibility index (Phi) is 6.83. The topological polar surface area (TPSA) is 61.8 Å². The van der Waals surface area contributed by atoms with Gasteiger partial charge in [-0.1, -0.05) is 18.2 Å². The SMILES string of the molecule is COc1ccccc1C(C)NC(=O)CN(C)CC(O)C(F)(F)F. The number of ether oxygens (including phenoxy) is 1. The summed E-state index contributed by atoms with van der Waals surface area (Å²) in [7, 11) is 2.85. The number of likely N-dealkylation sites (N-methyl/N-ethyl adjacent to an activating group) is 1. The van der Waals surface area contributed by atoms with E-state index >= 15 is 0 Å². The van der Waals surface area contributed by atoms with Crippen molar-refractivity contribution >= 4 is 5.91 Å². The lowest BCUT2D eigenvalue weighted by molar-refractivity contribution is -0.207. The molecule has 1 rings (SSSR count). The van der Waals surface area contributed by atoms with E-state index in [1.54, 1.807) is 31.2 Å². The zero-order valence-corrected chi connectivity index (χ0v) is 13.2. The van der Waals surface area contributed by atoms with Crippen LogP contribution in [0.3, 0.4) is 0 Å². The third kappa shape index (κ3) is 6.07. The number of halogens is 3. The third-order valence-electron chi connectivity index (χ3n) is 3.26. The minimum absolute atomic E-state index is 0.257. The van der Waals surface area contributed by atoms with Crippen LogP contribution in [0, 0.1) is 0 Å². The fourth-order valence-corrected chi connectivity index (χ4v) is 2.10. The third-order valence-corrected chi connectivity index (χ3v) is 3.26. The van der Waals surface area contributed by atoms with Crippen molar-refractivity contribution < 1.29 is 27.8 Å². The van der Waals surface area contributed by atoms with Crippen molar-refractivity contribution in [2.75, 3.05) is 27.2 Å². The Balaban J connectivity index is 2.56. The van der Waals surface area contributed by atoms with Gasteiger partial charge in [-0.25, -0.2) is 0 Å². The van der Waals surface area contributed by atoms with E-state index in [9.17, 15) is 18.0 Å². The summed E-state index contributed by atoms with van der Waals surface area (Å²) in [5.74, 6) is 0.168. The smallest absolute Gasteiger partial charge is 0.415 e. The van der Waals surface area contributed by atoms with E-state index in [1.165, 1.54) is 14.2 Å². The van der Waals surface area contributed by atoms with Crippen LogP contribution in [0.1, 0.15) is 18.5 Å². The Bertz CT molecular complexity index is 523. The number of carbonyl (C=O) groups excluding carboxylic acids is 1. The first-order valence-corrected chi connectivity index (χ1v) is 7.00. The molecule has 0 aliphatic rings. The summed E-state index contributed by atoms with van der Waals surface area (Å²) >= 11 is 0. The van der Waals surface area contributed by atoms with Crippen molar-refractivity contribution in [2.24, 2.45) is 0 Å². The van der Waals surface area contributed by atoms with Crippen LogP contribution in [0.2, 0.25) is 0 Å². The molecule has 0 heterocycles. The molecule has 130 valence electrons. The molecule has 5 nitrogen and oxygen atoms in total. The van der Waals surface area contributed by atoms with Gasteiger partial charge in [0, 0.05) is 12.1 Å². The number of hydrogen-bond acceptors (Lipinski definition) is 4. The maximum atomic E-state index is 12.3. The number of carbonyl (C=O) groups is 1. The molecule has 2 atom stereocenters. The number of alkyl halides is 3. The molecule has 0 saturated carbocycles. The summed E-state index contributed by atoms with van der Waals surface area (Å²) in [5, 5.41) is 11.7. The normalized spacial score (nSPS) is 14.4. The van der Waals surface area contributed by atoms with E-state index in [4.69, 9.17) is 9.84 Å². The first-order chi connectivity index (χ1) is 10.6. The van der Waals surface area contributed by atoms with Crippen LogP contribution < -0.4 is 10.1 Å². The molecule has 0 fully saturated rings. The number of nitrogens with one attached hydrogen (secondary N) is 1. The predicted molar refractivity (Wildman–Crippen MR) is 79.1 cm³/mol. The highest BCUT2D eigenvalue weighted by Crippen LogP contribution is 2.24. The molecule has 0 radical (unpaired) electrons. The highest BCUT2D eigenvalue weighted by Gasteiger charge is 2.38. The highest BCUT2D eigenvalue weighted by molar-refractivity contribution is 5.78. The van der Waals surface area contributed by atoms with E-state index in [-0.39, 0.29) is 12.6 Å². The van der Waals surface area contributed by atoms with Crippen LogP contribution >= 0.6 is 0 Å². The predicted octanol–water partition coefficient (Wildman–Crippen LogP) is 1.73. The van der Waals surface area contributed by atoms with Gasteiger partial charge in [0.15, 0.2) is 6.10 Å². The Hall–Kier alpha value is -1.80. The Labute approximate surface area is 133 Å². The van der Waals surface area contributed by atoms with Crippen molar-refractivity contribution in [3.8, 4) is 5.75 Å². The summed E-state index contributed by atoms with van der Waals surface area (Å²) in [6, 6.07) is 6.78. The second-order valence-electron chi connectivity index (χ2n) is 5.29. The fourth-order valence-electron chi connectivity index (χ4n) is 2.10.